The third-order valence-electron chi connectivity index (χ3n) is 6.77. The summed E-state index contributed by atoms with van der Waals surface area (Å²) in [4.78, 5) is 10.7. The van der Waals surface area contributed by atoms with Crippen LogP contribution in [-0.2, 0) is 6.42 Å². The molecule has 0 amide bonds. The average Bonchev–Trinajstić information content (AvgIpc) is 2.82. The highest BCUT2D eigenvalue weighted by atomic mass is 16.3. The maximum absolute atomic E-state index is 10.7. The number of hydrogen-bond acceptors (Lipinski definition) is 2. The molecule has 2 nitrogen and oxygen atoms in total. The van der Waals surface area contributed by atoms with E-state index in [0.717, 1.165) is 18.3 Å². The van der Waals surface area contributed by atoms with Crippen molar-refractivity contribution >= 4 is 5.69 Å². The van der Waals surface area contributed by atoms with Crippen molar-refractivity contribution in [3.8, 4) is 0 Å². The van der Waals surface area contributed by atoms with E-state index in [4.69, 9.17) is 0 Å². The Bertz CT molecular complexity index is 620. The van der Waals surface area contributed by atoms with Crippen molar-refractivity contribution in [3.63, 3.8) is 0 Å². The topological polar surface area (TPSA) is 29.4 Å². The monoisotopic (exact) mass is 281 g/mol. The Hall–Kier alpha value is -1.44. The van der Waals surface area contributed by atoms with E-state index in [9.17, 15) is 4.91 Å². The van der Waals surface area contributed by atoms with Crippen molar-refractivity contribution in [2.75, 3.05) is 0 Å². The molecule has 110 valence electrons. The third-order valence-corrected chi connectivity index (χ3v) is 6.77. The molecule has 2 fully saturated rings. The highest BCUT2D eigenvalue weighted by Crippen LogP contribution is 2.62. The Morgan fingerprint density at radius 2 is 2.10 bits per heavy atom. The van der Waals surface area contributed by atoms with Crippen LogP contribution in [0.2, 0.25) is 0 Å². The van der Waals surface area contributed by atoms with E-state index < -0.39 is 0 Å². The van der Waals surface area contributed by atoms with Gasteiger partial charge >= 0.3 is 0 Å². The molecule has 0 N–H and O–H groups in total. The van der Waals surface area contributed by atoms with Crippen molar-refractivity contribution in [3.05, 3.63) is 46.4 Å². The molecule has 0 radical (unpaired) electrons. The van der Waals surface area contributed by atoms with E-state index in [2.05, 4.69) is 24.7 Å². The van der Waals surface area contributed by atoms with E-state index in [1.807, 2.05) is 12.1 Å². The van der Waals surface area contributed by atoms with Gasteiger partial charge in [-0.3, -0.25) is 0 Å². The first-order chi connectivity index (χ1) is 10.1. The minimum Gasteiger partial charge on any atom is -0.145 e. The number of nitroso groups, excluding NO2 is 1. The second-order valence-corrected chi connectivity index (χ2v) is 7.49. The summed E-state index contributed by atoms with van der Waals surface area (Å²) in [7, 11) is 0. The highest BCUT2D eigenvalue weighted by Gasteiger charge is 2.51. The smallest absolute Gasteiger partial charge is 0.108 e. The molecule has 0 aromatic heterocycles. The molecule has 3 aliphatic rings. The van der Waals surface area contributed by atoms with Crippen LogP contribution < -0.4 is 0 Å². The van der Waals surface area contributed by atoms with Gasteiger partial charge in [-0.1, -0.05) is 25.1 Å². The standard InChI is InChI=1S/C19H23NO/c1-12-3-8-18-17-6-4-13-11-14(20-21)5-7-15(13)16(17)9-10-19(12,18)2/h5,7,11,16-18H,1,3-4,6,8-10H2,2H3/t16?,17?,18?,19-/m1/s1. The molecule has 4 rings (SSSR count). The summed E-state index contributed by atoms with van der Waals surface area (Å²) in [6, 6.07) is 6.09. The summed E-state index contributed by atoms with van der Waals surface area (Å²) in [6.07, 6.45) is 7.50. The lowest BCUT2D eigenvalue weighted by Gasteiger charge is -2.49. The molecule has 4 atom stereocenters. The van der Waals surface area contributed by atoms with Gasteiger partial charge in [0, 0.05) is 0 Å². The van der Waals surface area contributed by atoms with Crippen LogP contribution in [0.5, 0.6) is 0 Å². The normalized spacial score (nSPS) is 37.6. The van der Waals surface area contributed by atoms with Crippen molar-refractivity contribution in [2.24, 2.45) is 22.4 Å². The van der Waals surface area contributed by atoms with Crippen LogP contribution in [0, 0.1) is 22.2 Å². The molecule has 0 aliphatic heterocycles. The van der Waals surface area contributed by atoms with Crippen LogP contribution in [0.4, 0.5) is 5.69 Å². The first-order valence-corrected chi connectivity index (χ1v) is 8.28. The van der Waals surface area contributed by atoms with E-state index in [1.54, 1.807) is 0 Å². The Labute approximate surface area is 126 Å². The minimum atomic E-state index is 0.392. The van der Waals surface area contributed by atoms with Gasteiger partial charge in [-0.25, -0.2) is 0 Å². The Morgan fingerprint density at radius 3 is 2.90 bits per heavy atom. The number of hydrogen-bond donors (Lipinski definition) is 0. The fourth-order valence-corrected chi connectivity index (χ4v) is 5.53. The third kappa shape index (κ3) is 1.77. The number of allylic oxidation sites excluding steroid dienone is 1. The number of fused-ring (bicyclic) bond motifs is 5. The van der Waals surface area contributed by atoms with Crippen LogP contribution in [-0.4, -0.2) is 0 Å². The summed E-state index contributed by atoms with van der Waals surface area (Å²) < 4.78 is 0. The Kier molecular flexibility index (Phi) is 2.85. The molecule has 0 bridgehead atoms. The highest BCUT2D eigenvalue weighted by molar-refractivity contribution is 5.47. The second-order valence-electron chi connectivity index (χ2n) is 7.49. The van der Waals surface area contributed by atoms with Crippen molar-refractivity contribution < 1.29 is 0 Å². The first kappa shape index (κ1) is 13.2. The number of nitrogens with zero attached hydrogens (tertiary/aromatic N) is 1. The molecule has 1 aromatic rings. The number of benzene rings is 1. The van der Waals surface area contributed by atoms with E-state index in [0.29, 0.717) is 17.0 Å². The van der Waals surface area contributed by atoms with Gasteiger partial charge < -0.3 is 0 Å². The van der Waals surface area contributed by atoms with E-state index >= 15 is 0 Å². The molecule has 0 heterocycles. The fourth-order valence-electron chi connectivity index (χ4n) is 5.53. The lowest BCUT2D eigenvalue weighted by molar-refractivity contribution is 0.0817. The van der Waals surface area contributed by atoms with Gasteiger partial charge in [0.1, 0.15) is 5.69 Å². The SMILES string of the molecule is C=C1CCC2C3CCc4cc(N=O)ccc4C3CC[C@]12C. The van der Waals surface area contributed by atoms with Gasteiger partial charge in [0.15, 0.2) is 0 Å². The summed E-state index contributed by atoms with van der Waals surface area (Å²) >= 11 is 0. The Morgan fingerprint density at radius 1 is 1.24 bits per heavy atom. The van der Waals surface area contributed by atoms with E-state index in [1.165, 1.54) is 48.8 Å². The largest absolute Gasteiger partial charge is 0.145 e. The summed E-state index contributed by atoms with van der Waals surface area (Å²) in [5.41, 5.74) is 5.34. The van der Waals surface area contributed by atoms with Gasteiger partial charge in [0.2, 0.25) is 0 Å². The van der Waals surface area contributed by atoms with Crippen molar-refractivity contribution in [1.82, 2.24) is 0 Å². The van der Waals surface area contributed by atoms with Crippen LogP contribution >= 0.6 is 0 Å². The zero-order valence-corrected chi connectivity index (χ0v) is 12.8. The molecule has 0 saturated heterocycles. The Balaban J connectivity index is 1.71. The summed E-state index contributed by atoms with van der Waals surface area (Å²) in [5, 5.41) is 3.10. The molecular formula is C19H23NO. The maximum atomic E-state index is 10.7. The number of rotatable bonds is 1. The molecule has 21 heavy (non-hydrogen) atoms. The summed E-state index contributed by atoms with van der Waals surface area (Å²) in [5.74, 6) is 2.32. The predicted molar refractivity (Wildman–Crippen MR) is 85.7 cm³/mol. The minimum absolute atomic E-state index is 0.392. The second kappa shape index (κ2) is 4.53. The van der Waals surface area contributed by atoms with Gasteiger partial charge in [-0.05, 0) is 90.1 Å². The molecule has 2 saturated carbocycles. The van der Waals surface area contributed by atoms with Crippen LogP contribution in [0.3, 0.4) is 0 Å². The quantitative estimate of drug-likeness (QED) is 0.494. The molecule has 1 aromatic carbocycles. The molecular weight excluding hydrogens is 258 g/mol. The van der Waals surface area contributed by atoms with Crippen LogP contribution in [0.1, 0.15) is 56.1 Å². The van der Waals surface area contributed by atoms with Crippen molar-refractivity contribution in [2.45, 2.75) is 51.4 Å². The van der Waals surface area contributed by atoms with Gasteiger partial charge in [0.05, 0.1) is 0 Å². The van der Waals surface area contributed by atoms with Crippen LogP contribution in [0.15, 0.2) is 35.5 Å². The van der Waals surface area contributed by atoms with E-state index in [-0.39, 0.29) is 0 Å². The summed E-state index contributed by atoms with van der Waals surface area (Å²) in [6.45, 7) is 6.82. The fraction of sp³-hybridized carbons (Fsp3) is 0.579. The predicted octanol–water partition coefficient (Wildman–Crippen LogP) is 5.50. The lowest BCUT2D eigenvalue weighted by Crippen LogP contribution is -2.40. The zero-order valence-electron chi connectivity index (χ0n) is 12.8. The first-order valence-electron chi connectivity index (χ1n) is 8.28. The molecule has 3 aliphatic carbocycles. The molecule has 0 spiro atoms. The average molecular weight is 281 g/mol. The van der Waals surface area contributed by atoms with Gasteiger partial charge in [-0.2, -0.15) is 0 Å². The number of aryl methyl sites for hydroxylation is 1. The van der Waals surface area contributed by atoms with Crippen LogP contribution in [0.25, 0.3) is 0 Å². The maximum Gasteiger partial charge on any atom is 0.108 e. The van der Waals surface area contributed by atoms with Gasteiger partial charge in [-0.15, -0.1) is 4.91 Å². The zero-order chi connectivity index (χ0) is 14.6. The van der Waals surface area contributed by atoms with Gasteiger partial charge in [0.25, 0.3) is 0 Å². The molecule has 3 unspecified atom stereocenters. The lowest BCUT2D eigenvalue weighted by atomic mass is 9.55. The van der Waals surface area contributed by atoms with Crippen molar-refractivity contribution in [1.29, 1.82) is 0 Å². The molecule has 2 heteroatoms.